The van der Waals surface area contributed by atoms with Gasteiger partial charge in [0.2, 0.25) is 0 Å². The summed E-state index contributed by atoms with van der Waals surface area (Å²) in [6.45, 7) is 7.49. The van der Waals surface area contributed by atoms with E-state index in [4.69, 9.17) is 0 Å². The van der Waals surface area contributed by atoms with Crippen LogP contribution in [0.1, 0.15) is 78.6 Å². The summed E-state index contributed by atoms with van der Waals surface area (Å²) in [6.07, 6.45) is 12.4. The van der Waals surface area contributed by atoms with Crippen molar-refractivity contribution in [3.63, 3.8) is 0 Å². The minimum atomic E-state index is 0.947. The van der Waals surface area contributed by atoms with E-state index in [9.17, 15) is 0 Å². The number of rotatable bonds is 10. The molecule has 0 aliphatic carbocycles. The van der Waals surface area contributed by atoms with Crippen LogP contribution in [-0.4, -0.2) is 12.3 Å². The molecule has 0 aromatic heterocycles. The molecule has 0 saturated carbocycles. The molecule has 0 amide bonds. The van der Waals surface area contributed by atoms with Gasteiger partial charge in [-0.05, 0) is 26.7 Å². The van der Waals surface area contributed by atoms with E-state index in [0.29, 0.717) is 0 Å². The van der Waals surface area contributed by atoms with Gasteiger partial charge in [0.25, 0.3) is 0 Å². The van der Waals surface area contributed by atoms with Crippen LogP contribution in [0.25, 0.3) is 0 Å². The molecule has 0 aliphatic rings. The molecule has 0 aromatic rings. The van der Waals surface area contributed by atoms with Crippen LogP contribution in [0.2, 0.25) is 0 Å². The van der Waals surface area contributed by atoms with Gasteiger partial charge in [-0.3, -0.25) is 4.99 Å². The van der Waals surface area contributed by atoms with Gasteiger partial charge in [-0.15, -0.1) is 0 Å². The van der Waals surface area contributed by atoms with Gasteiger partial charge in [0.1, 0.15) is 0 Å². The van der Waals surface area contributed by atoms with Gasteiger partial charge in [-0.1, -0.05) is 51.9 Å². The normalized spacial score (nSPS) is 12.1. The highest BCUT2D eigenvalue weighted by molar-refractivity contribution is 5.81. The van der Waals surface area contributed by atoms with Crippen LogP contribution in [0.5, 0.6) is 0 Å². The predicted molar refractivity (Wildman–Crippen MR) is 70.9 cm³/mol. The van der Waals surface area contributed by atoms with E-state index < -0.39 is 0 Å². The second-order valence-electron chi connectivity index (χ2n) is 4.43. The van der Waals surface area contributed by atoms with Gasteiger partial charge < -0.3 is 0 Å². The topological polar surface area (TPSA) is 12.4 Å². The first-order chi connectivity index (χ1) is 7.31. The molecular formula is C14H29N. The summed E-state index contributed by atoms with van der Waals surface area (Å²) < 4.78 is 0. The summed E-state index contributed by atoms with van der Waals surface area (Å²) in [5.74, 6) is 0. The molecule has 0 bridgehead atoms. The SMILES string of the molecule is CCCCCCCCCCC(C)=NCC. The van der Waals surface area contributed by atoms with Gasteiger partial charge in [0.15, 0.2) is 0 Å². The average molecular weight is 211 g/mol. The summed E-state index contributed by atoms with van der Waals surface area (Å²) in [7, 11) is 0. The summed E-state index contributed by atoms with van der Waals surface area (Å²) in [5, 5.41) is 0. The zero-order chi connectivity index (χ0) is 11.4. The van der Waals surface area contributed by atoms with Crippen LogP contribution in [0.4, 0.5) is 0 Å². The monoisotopic (exact) mass is 211 g/mol. The van der Waals surface area contributed by atoms with Crippen LogP contribution >= 0.6 is 0 Å². The second kappa shape index (κ2) is 11.7. The Morgan fingerprint density at radius 2 is 1.33 bits per heavy atom. The fourth-order valence-corrected chi connectivity index (χ4v) is 1.86. The Morgan fingerprint density at radius 1 is 0.800 bits per heavy atom. The summed E-state index contributed by atoms with van der Waals surface area (Å²) in [4.78, 5) is 4.40. The van der Waals surface area contributed by atoms with E-state index in [2.05, 4.69) is 25.8 Å². The number of aliphatic imine (C=N–C) groups is 1. The van der Waals surface area contributed by atoms with Crippen LogP contribution in [0, 0.1) is 0 Å². The number of hydrogen-bond acceptors (Lipinski definition) is 1. The Hall–Kier alpha value is -0.330. The lowest BCUT2D eigenvalue weighted by molar-refractivity contribution is 0.580. The lowest BCUT2D eigenvalue weighted by Gasteiger charge is -2.01. The molecule has 0 spiro atoms. The van der Waals surface area contributed by atoms with Crippen molar-refractivity contribution < 1.29 is 0 Å². The summed E-state index contributed by atoms with van der Waals surface area (Å²) >= 11 is 0. The minimum Gasteiger partial charge on any atom is -0.295 e. The molecule has 0 saturated heterocycles. The van der Waals surface area contributed by atoms with Crippen LogP contribution in [0.3, 0.4) is 0 Å². The third-order valence-electron chi connectivity index (χ3n) is 2.82. The second-order valence-corrected chi connectivity index (χ2v) is 4.43. The van der Waals surface area contributed by atoms with Gasteiger partial charge in [0.05, 0.1) is 0 Å². The zero-order valence-corrected chi connectivity index (χ0v) is 11.0. The van der Waals surface area contributed by atoms with E-state index in [1.165, 1.54) is 63.5 Å². The summed E-state index contributed by atoms with van der Waals surface area (Å²) in [5.41, 5.74) is 1.34. The Balaban J connectivity index is 3.08. The molecule has 0 N–H and O–H groups in total. The Bertz CT molecular complexity index is 149. The first-order valence-corrected chi connectivity index (χ1v) is 6.81. The third kappa shape index (κ3) is 11.6. The number of unbranched alkanes of at least 4 members (excludes halogenated alkanes) is 7. The third-order valence-corrected chi connectivity index (χ3v) is 2.82. The number of nitrogens with zero attached hydrogens (tertiary/aromatic N) is 1. The molecule has 0 aromatic carbocycles. The van der Waals surface area contributed by atoms with Crippen molar-refractivity contribution in [1.82, 2.24) is 0 Å². The largest absolute Gasteiger partial charge is 0.295 e. The molecule has 0 aliphatic heterocycles. The van der Waals surface area contributed by atoms with Crippen molar-refractivity contribution in [3.05, 3.63) is 0 Å². The molecule has 0 rings (SSSR count). The molecule has 90 valence electrons. The quantitative estimate of drug-likeness (QED) is 0.356. The van der Waals surface area contributed by atoms with Crippen LogP contribution < -0.4 is 0 Å². The Kier molecular flexibility index (Phi) is 11.5. The first-order valence-electron chi connectivity index (χ1n) is 6.81. The van der Waals surface area contributed by atoms with E-state index in [-0.39, 0.29) is 0 Å². The van der Waals surface area contributed by atoms with Crippen LogP contribution in [-0.2, 0) is 0 Å². The van der Waals surface area contributed by atoms with Crippen molar-refractivity contribution in [1.29, 1.82) is 0 Å². The maximum Gasteiger partial charge on any atom is 0.0360 e. The molecule has 0 fully saturated rings. The maximum absolute atomic E-state index is 4.40. The van der Waals surface area contributed by atoms with E-state index in [1.807, 2.05) is 0 Å². The van der Waals surface area contributed by atoms with Crippen molar-refractivity contribution in [2.75, 3.05) is 6.54 Å². The smallest absolute Gasteiger partial charge is 0.0360 e. The lowest BCUT2D eigenvalue weighted by Crippen LogP contribution is -1.92. The first kappa shape index (κ1) is 14.7. The molecule has 1 nitrogen and oxygen atoms in total. The maximum atomic E-state index is 4.40. The molecule has 0 heterocycles. The fraction of sp³-hybridized carbons (Fsp3) is 0.929. The van der Waals surface area contributed by atoms with E-state index in [1.54, 1.807) is 0 Å². The molecular weight excluding hydrogens is 182 g/mol. The molecule has 0 unspecified atom stereocenters. The van der Waals surface area contributed by atoms with Crippen molar-refractivity contribution >= 4 is 5.71 Å². The van der Waals surface area contributed by atoms with Gasteiger partial charge in [0, 0.05) is 12.3 Å². The van der Waals surface area contributed by atoms with Gasteiger partial charge in [-0.2, -0.15) is 0 Å². The molecule has 1 heteroatoms. The lowest BCUT2D eigenvalue weighted by atomic mass is 10.1. The van der Waals surface area contributed by atoms with E-state index >= 15 is 0 Å². The molecule has 0 radical (unpaired) electrons. The van der Waals surface area contributed by atoms with Crippen LogP contribution in [0.15, 0.2) is 4.99 Å². The highest BCUT2D eigenvalue weighted by Gasteiger charge is 1.93. The Labute approximate surface area is 96.4 Å². The van der Waals surface area contributed by atoms with Gasteiger partial charge >= 0.3 is 0 Å². The number of hydrogen-bond donors (Lipinski definition) is 0. The zero-order valence-electron chi connectivity index (χ0n) is 11.0. The highest BCUT2D eigenvalue weighted by Crippen LogP contribution is 2.09. The Morgan fingerprint density at radius 3 is 1.87 bits per heavy atom. The van der Waals surface area contributed by atoms with Crippen molar-refractivity contribution in [3.8, 4) is 0 Å². The average Bonchev–Trinajstić information content (AvgIpc) is 2.22. The standard InChI is InChI=1S/C14H29N/c1-4-6-7-8-9-10-11-12-13-14(3)15-5-2/h4-13H2,1-3H3. The molecule has 15 heavy (non-hydrogen) atoms. The predicted octanol–water partition coefficient (Wildman–Crippen LogP) is 5.00. The highest BCUT2D eigenvalue weighted by atomic mass is 14.7. The summed E-state index contributed by atoms with van der Waals surface area (Å²) in [6, 6.07) is 0. The minimum absolute atomic E-state index is 0.947. The fourth-order valence-electron chi connectivity index (χ4n) is 1.86. The molecule has 0 atom stereocenters. The van der Waals surface area contributed by atoms with Crippen molar-refractivity contribution in [2.24, 2.45) is 4.99 Å². The van der Waals surface area contributed by atoms with Gasteiger partial charge in [-0.25, -0.2) is 0 Å². The van der Waals surface area contributed by atoms with E-state index in [0.717, 1.165) is 6.54 Å². The van der Waals surface area contributed by atoms with Crippen molar-refractivity contribution in [2.45, 2.75) is 78.6 Å².